The maximum Gasteiger partial charge on any atom is 0.248 e. The number of aromatic amines is 1. The van der Waals surface area contributed by atoms with E-state index in [2.05, 4.69) is 63.5 Å². The summed E-state index contributed by atoms with van der Waals surface area (Å²) in [7, 11) is 0. The number of carbonyl (C=O) groups is 13. The number of aromatic nitrogens is 1. The highest BCUT2D eigenvalue weighted by atomic mass is 16.7. The first-order valence-corrected chi connectivity index (χ1v) is 32.8. The van der Waals surface area contributed by atoms with Crippen LogP contribution >= 0.6 is 0 Å². The quantitative estimate of drug-likeness (QED) is 0.0305. The Kier molecular flexibility index (Phi) is 31.4. The van der Waals surface area contributed by atoms with Crippen LogP contribution in [0.5, 0.6) is 0 Å². The van der Waals surface area contributed by atoms with Crippen molar-refractivity contribution in [3.05, 3.63) is 36.0 Å². The van der Waals surface area contributed by atoms with Crippen molar-refractivity contribution in [1.29, 1.82) is 0 Å². The maximum absolute atomic E-state index is 14.6. The molecule has 4 heterocycles. The number of likely N-dealkylation sites (tertiary alicyclic amines) is 1. The molecule has 558 valence electrons. The van der Waals surface area contributed by atoms with Crippen LogP contribution in [0.3, 0.4) is 0 Å². The fraction of sp³-hybridized carbons (Fsp3) is 0.661. The van der Waals surface area contributed by atoms with Gasteiger partial charge in [0.25, 0.3) is 0 Å². The second-order valence-corrected chi connectivity index (χ2v) is 25.1. The number of benzene rings is 1. The highest BCUT2D eigenvalue weighted by Gasteiger charge is 2.52. The average Bonchev–Trinajstić information content (AvgIpc) is 0.963. The monoisotopic (exact) mass is 1420 g/mol. The van der Waals surface area contributed by atoms with E-state index in [-0.39, 0.29) is 38.8 Å². The molecular weight excluding hydrogens is 1320 g/mol. The zero-order valence-electron chi connectivity index (χ0n) is 56.8. The molecule has 13 amide bonds. The predicted octanol–water partition coefficient (Wildman–Crippen LogP) is -9.30. The van der Waals surface area contributed by atoms with Crippen LogP contribution in [0.25, 0.3) is 10.9 Å². The third-order valence-corrected chi connectivity index (χ3v) is 17.2. The minimum absolute atomic E-state index is 0.118. The fourth-order valence-electron chi connectivity index (χ4n) is 11.6. The lowest BCUT2D eigenvalue weighted by molar-refractivity contribution is -0.315. The number of hydrogen-bond acceptors (Lipinski definition) is 24. The third kappa shape index (κ3) is 22.5. The maximum atomic E-state index is 14.6. The Morgan fingerprint density at radius 2 is 1.29 bits per heavy atom. The summed E-state index contributed by atoms with van der Waals surface area (Å²) in [6.45, 7) is 7.26. The molecule has 3 fully saturated rings. The standard InChI is InChI=1S/C62H97N15O23/c1-9-26(2)44(75-55(92)36(16-12-18-63)68-30(6)82)58(95)76-46(29(5)81)61(97)77-19-13-17-39(77)57(94)71-38(21-42(85)74-60-47(69-31(7)83)51(89)52(41(25-79)98-60)100-62-48(70-32(8)84)50(88)49(87)40(24-78)99-62)54(91)66-23-43(86)73-45(28(4)80)59(96)72-37(56(93)67-27(3)53(64)90)20-33-22-65-35-15-11-10-14-34(33)35/h10-11,14-15,22,26-29,36-41,44-52,60,62,65,78-81,87-89H,9,12-13,16-21,23-25,63H2,1-8H3,(H2,64,90)(H,66,91)(H,67,93)(H,68,82)(H,69,83)(H,70,84)(H,71,94)(H,72,96)(H,73,86)(H,74,85)(H,75,92)(H,76,95)/t26-,27-,28+,29+,36-,37-,38-,39-,40+,41+,44-,45-,46-,47+,48+,49+,50+,51+,52+,60-,62-/m0/s1. The Labute approximate surface area is 574 Å². The van der Waals surface area contributed by atoms with Gasteiger partial charge in [-0.3, -0.25) is 62.3 Å². The molecule has 21 atom stereocenters. The molecule has 0 saturated carbocycles. The number of rotatable bonds is 35. The number of carbonyl (C=O) groups excluding carboxylic acids is 13. The minimum Gasteiger partial charge on any atom is -0.394 e. The van der Waals surface area contributed by atoms with E-state index in [9.17, 15) is 98.1 Å². The number of fused-ring (bicyclic) bond motifs is 1. The molecule has 3 aliphatic rings. The summed E-state index contributed by atoms with van der Waals surface area (Å²) in [5, 5.41) is 103. The Bertz CT molecular complexity index is 3210. The lowest BCUT2D eigenvalue weighted by Crippen LogP contribution is -2.71. The van der Waals surface area contributed by atoms with Crippen molar-refractivity contribution >= 4 is 87.7 Å². The molecule has 1 aromatic carbocycles. The third-order valence-electron chi connectivity index (χ3n) is 17.2. The number of aliphatic hydroxyl groups excluding tert-OH is 7. The van der Waals surface area contributed by atoms with Gasteiger partial charge in [0.05, 0.1) is 38.4 Å². The lowest BCUT2D eigenvalue weighted by atomic mass is 9.94. The zero-order valence-corrected chi connectivity index (χ0v) is 56.8. The molecule has 0 bridgehead atoms. The molecule has 3 aliphatic heterocycles. The van der Waals surface area contributed by atoms with E-state index in [1.54, 1.807) is 44.3 Å². The summed E-state index contributed by atoms with van der Waals surface area (Å²) < 4.78 is 17.6. The smallest absolute Gasteiger partial charge is 0.248 e. The Morgan fingerprint density at radius 1 is 0.670 bits per heavy atom. The number of amides is 13. The van der Waals surface area contributed by atoms with Crippen LogP contribution in [0.2, 0.25) is 0 Å². The van der Waals surface area contributed by atoms with Gasteiger partial charge in [-0.25, -0.2) is 0 Å². The molecule has 0 spiro atoms. The second-order valence-electron chi connectivity index (χ2n) is 25.1. The molecule has 3 saturated heterocycles. The average molecular weight is 1420 g/mol. The molecule has 5 rings (SSSR count). The van der Waals surface area contributed by atoms with Gasteiger partial charge >= 0.3 is 0 Å². The second kappa shape index (κ2) is 38.3. The van der Waals surface area contributed by atoms with Gasteiger partial charge in [0.1, 0.15) is 97.0 Å². The summed E-state index contributed by atoms with van der Waals surface area (Å²) in [5.74, 6) is -13.1. The first-order chi connectivity index (χ1) is 47.2. The summed E-state index contributed by atoms with van der Waals surface area (Å²) in [5.41, 5.74) is 12.3. The van der Waals surface area contributed by atoms with E-state index in [0.29, 0.717) is 29.3 Å². The molecule has 0 radical (unpaired) electrons. The first kappa shape index (κ1) is 82.1. The van der Waals surface area contributed by atoms with Crippen LogP contribution in [0.1, 0.15) is 99.5 Å². The zero-order chi connectivity index (χ0) is 74.6. The van der Waals surface area contributed by atoms with Crippen LogP contribution < -0.4 is 70.0 Å². The topological polar surface area (TPSA) is 595 Å². The van der Waals surface area contributed by atoms with Gasteiger partial charge in [-0.2, -0.15) is 0 Å². The molecule has 100 heavy (non-hydrogen) atoms. The van der Waals surface area contributed by atoms with Crippen LogP contribution in [0, 0.1) is 5.92 Å². The van der Waals surface area contributed by atoms with Gasteiger partial charge in [-0.05, 0) is 70.5 Å². The number of primary amides is 1. The van der Waals surface area contributed by atoms with Gasteiger partial charge in [-0.15, -0.1) is 0 Å². The van der Waals surface area contributed by atoms with Crippen molar-refractivity contribution in [1.82, 2.24) is 68.4 Å². The molecule has 2 aromatic rings. The molecule has 23 N–H and O–H groups in total. The number of hydrogen-bond donors (Lipinski definition) is 21. The SMILES string of the molecule is CC[C@H](C)[C@H](NC(=O)[C@H](CCCN)NC(C)=O)C(=O)N[C@H](C(=O)N1CCC[C@H]1C(=O)N[C@@H](CC(=O)N[C@H]1O[C@H](CO)[C@@H](O[C@@H]2O[C@H](CO)[C@@H](O)[C@H](O)[C@H]2NC(C)=O)[C@H](O)[C@H]1NC(C)=O)C(=O)NCC(=O)N[C@H](C(=O)N[C@@H](Cc1c[nH]c2ccccc12)C(=O)N[C@@H](C)C(N)=O)[C@@H](C)O)[C@@H](C)O. The Morgan fingerprint density at radius 3 is 1.89 bits per heavy atom. The largest absolute Gasteiger partial charge is 0.394 e. The molecule has 1 aromatic heterocycles. The number of H-pyrrole nitrogens is 1. The molecule has 0 aliphatic carbocycles. The van der Waals surface area contributed by atoms with E-state index < -0.39 is 231 Å². The van der Waals surface area contributed by atoms with Crippen LogP contribution in [-0.4, -0.2) is 277 Å². The minimum atomic E-state index is -2.06. The van der Waals surface area contributed by atoms with Gasteiger partial charge in [0.15, 0.2) is 12.5 Å². The Balaban J connectivity index is 1.43. The van der Waals surface area contributed by atoms with Crippen LogP contribution in [0.4, 0.5) is 0 Å². The molecule has 38 nitrogen and oxygen atoms in total. The van der Waals surface area contributed by atoms with Crippen molar-refractivity contribution in [3.8, 4) is 0 Å². The van der Waals surface area contributed by atoms with Gasteiger partial charge in [0, 0.05) is 50.8 Å². The Hall–Kier alpha value is -8.57. The highest BCUT2D eigenvalue weighted by molar-refractivity contribution is 5.99. The number of aliphatic hydroxyl groups is 7. The molecule has 38 heteroatoms. The van der Waals surface area contributed by atoms with Gasteiger partial charge in [-0.1, -0.05) is 38.5 Å². The highest BCUT2D eigenvalue weighted by Crippen LogP contribution is 2.30. The van der Waals surface area contributed by atoms with Crippen molar-refractivity contribution < 1.29 is 112 Å². The number of ether oxygens (including phenoxy) is 3. The van der Waals surface area contributed by atoms with E-state index in [1.807, 2.05) is 0 Å². The van der Waals surface area contributed by atoms with Crippen molar-refractivity contribution in [2.45, 2.75) is 222 Å². The van der Waals surface area contributed by atoms with Crippen LogP contribution in [0.15, 0.2) is 30.5 Å². The summed E-state index contributed by atoms with van der Waals surface area (Å²) in [6, 6.07) is -8.61. The number of nitrogens with one attached hydrogen (secondary N) is 12. The van der Waals surface area contributed by atoms with Crippen molar-refractivity contribution in [3.63, 3.8) is 0 Å². The van der Waals surface area contributed by atoms with E-state index >= 15 is 0 Å². The summed E-state index contributed by atoms with van der Waals surface area (Å²) in [6.07, 6.45) is -16.5. The van der Waals surface area contributed by atoms with Gasteiger partial charge < -0.3 is 130 Å². The van der Waals surface area contributed by atoms with Crippen molar-refractivity contribution in [2.75, 3.05) is 32.8 Å². The van der Waals surface area contributed by atoms with E-state index in [0.717, 1.165) is 25.7 Å². The molecular formula is C62H97N15O23. The van der Waals surface area contributed by atoms with E-state index in [4.69, 9.17) is 25.7 Å². The van der Waals surface area contributed by atoms with Crippen LogP contribution in [-0.2, 0) is 83.0 Å². The first-order valence-electron chi connectivity index (χ1n) is 32.8. The fourth-order valence-corrected chi connectivity index (χ4v) is 11.6. The summed E-state index contributed by atoms with van der Waals surface area (Å²) in [4.78, 5) is 180. The van der Waals surface area contributed by atoms with Crippen molar-refractivity contribution in [2.24, 2.45) is 17.4 Å². The van der Waals surface area contributed by atoms with Gasteiger partial charge in [0.2, 0.25) is 76.8 Å². The number of nitrogens with zero attached hydrogens (tertiary/aromatic N) is 1. The summed E-state index contributed by atoms with van der Waals surface area (Å²) >= 11 is 0. The van der Waals surface area contributed by atoms with E-state index in [1.165, 1.54) is 20.8 Å². The normalized spacial score (nSPS) is 25.0. The number of nitrogens with two attached hydrogens (primary N) is 2. The predicted molar refractivity (Wildman–Crippen MR) is 347 cm³/mol. The number of para-hydroxylation sites is 1. The molecule has 0 unspecified atom stereocenters. The lowest BCUT2D eigenvalue weighted by Gasteiger charge is -2.48.